The lowest BCUT2D eigenvalue weighted by molar-refractivity contribution is -0.151. The van der Waals surface area contributed by atoms with E-state index in [2.05, 4.69) is 29.2 Å². The van der Waals surface area contributed by atoms with Crippen LogP contribution in [-0.2, 0) is 27.2 Å². The molecule has 3 aliphatic heterocycles. The molecule has 0 aromatic heterocycles. The summed E-state index contributed by atoms with van der Waals surface area (Å²) >= 11 is 0. The fourth-order valence-electron chi connectivity index (χ4n) is 4.92. The van der Waals surface area contributed by atoms with E-state index in [1.165, 1.54) is 11.1 Å². The van der Waals surface area contributed by atoms with Gasteiger partial charge in [-0.25, -0.2) is 4.79 Å². The highest BCUT2D eigenvalue weighted by molar-refractivity contribution is 5.79. The largest absolute Gasteiger partial charge is 0.462 e. The quantitative estimate of drug-likeness (QED) is 0.705. The molecule has 0 N–H and O–H groups in total. The van der Waals surface area contributed by atoms with Gasteiger partial charge in [-0.15, -0.1) is 0 Å². The molecule has 6 nitrogen and oxygen atoms in total. The molecule has 1 amide bonds. The molecular weight excluding hydrogens is 380 g/mol. The van der Waals surface area contributed by atoms with Crippen LogP contribution < -0.4 is 0 Å². The molecule has 1 aromatic rings. The van der Waals surface area contributed by atoms with Crippen LogP contribution in [-0.4, -0.2) is 59.7 Å². The van der Waals surface area contributed by atoms with Gasteiger partial charge >= 0.3 is 12.1 Å². The average molecular weight is 415 g/mol. The number of piperidine rings is 1. The van der Waals surface area contributed by atoms with Crippen LogP contribution in [0.25, 0.3) is 0 Å². The molecule has 4 rings (SSSR count). The highest BCUT2D eigenvalue weighted by atomic mass is 16.6. The van der Waals surface area contributed by atoms with Crippen molar-refractivity contribution >= 4 is 12.1 Å². The number of fused-ring (bicyclic) bond motifs is 1. The lowest BCUT2D eigenvalue weighted by atomic mass is 9.76. The van der Waals surface area contributed by atoms with Crippen LogP contribution in [0.4, 0.5) is 4.79 Å². The van der Waals surface area contributed by atoms with Gasteiger partial charge in [-0.1, -0.05) is 24.3 Å². The number of rotatable bonds is 3. The molecule has 0 radical (unpaired) electrons. The van der Waals surface area contributed by atoms with Crippen molar-refractivity contribution in [3.8, 4) is 0 Å². The van der Waals surface area contributed by atoms with Crippen LogP contribution in [0.15, 0.2) is 24.3 Å². The Balaban J connectivity index is 1.26. The summed E-state index contributed by atoms with van der Waals surface area (Å²) in [5, 5.41) is 0. The molecule has 0 aliphatic carbocycles. The zero-order valence-corrected chi connectivity index (χ0v) is 18.5. The number of cyclic esters (lactones) is 1. The highest BCUT2D eigenvalue weighted by Crippen LogP contribution is 2.44. The number of esters is 1. The second kappa shape index (κ2) is 8.22. The zero-order valence-electron chi connectivity index (χ0n) is 18.5. The fraction of sp³-hybridized carbons (Fsp3) is 0.667. The van der Waals surface area contributed by atoms with Crippen LogP contribution >= 0.6 is 0 Å². The number of carbonyl (C=O) groups is 2. The molecule has 3 aliphatic rings. The van der Waals surface area contributed by atoms with Crippen molar-refractivity contribution < 1.29 is 19.1 Å². The number of nitrogens with zero attached hydrogens (tertiary/aromatic N) is 2. The van der Waals surface area contributed by atoms with Crippen molar-refractivity contribution in [2.75, 3.05) is 26.2 Å². The van der Waals surface area contributed by atoms with E-state index in [4.69, 9.17) is 9.47 Å². The second-order valence-corrected chi connectivity index (χ2v) is 10.1. The second-order valence-electron chi connectivity index (χ2n) is 10.1. The van der Waals surface area contributed by atoms with E-state index in [0.29, 0.717) is 25.9 Å². The van der Waals surface area contributed by atoms with Gasteiger partial charge in [-0.3, -0.25) is 9.69 Å². The van der Waals surface area contributed by atoms with Crippen LogP contribution in [0.2, 0.25) is 0 Å². The van der Waals surface area contributed by atoms with Gasteiger partial charge < -0.3 is 14.4 Å². The third-order valence-corrected chi connectivity index (χ3v) is 6.67. The summed E-state index contributed by atoms with van der Waals surface area (Å²) in [4.78, 5) is 29.2. The topological polar surface area (TPSA) is 59.1 Å². The maximum atomic E-state index is 12.7. The van der Waals surface area contributed by atoms with E-state index < -0.39 is 11.0 Å². The summed E-state index contributed by atoms with van der Waals surface area (Å²) in [6.45, 7) is 9.72. The van der Waals surface area contributed by atoms with E-state index in [1.807, 2.05) is 20.8 Å². The molecule has 2 saturated heterocycles. The number of ether oxygens (including phenoxy) is 2. The van der Waals surface area contributed by atoms with Gasteiger partial charge in [0.05, 0.1) is 5.41 Å². The number of amides is 1. The summed E-state index contributed by atoms with van der Waals surface area (Å²) in [6, 6.07) is 8.65. The predicted octanol–water partition coefficient (Wildman–Crippen LogP) is 3.77. The van der Waals surface area contributed by atoms with Gasteiger partial charge in [-0.2, -0.15) is 0 Å². The van der Waals surface area contributed by atoms with Gasteiger partial charge in [0.15, 0.2) is 0 Å². The van der Waals surface area contributed by atoms with Crippen molar-refractivity contribution in [3.05, 3.63) is 35.4 Å². The normalized spacial score (nSPS) is 23.9. The lowest BCUT2D eigenvalue weighted by Crippen LogP contribution is -2.46. The Kier molecular flexibility index (Phi) is 5.80. The molecule has 0 unspecified atom stereocenters. The highest BCUT2D eigenvalue weighted by Gasteiger charge is 2.51. The van der Waals surface area contributed by atoms with Gasteiger partial charge in [0.1, 0.15) is 11.7 Å². The van der Waals surface area contributed by atoms with E-state index in [9.17, 15) is 9.59 Å². The van der Waals surface area contributed by atoms with E-state index in [0.717, 1.165) is 38.9 Å². The first-order valence-electron chi connectivity index (χ1n) is 11.2. The molecule has 2 fully saturated rings. The third-order valence-electron chi connectivity index (χ3n) is 6.67. The van der Waals surface area contributed by atoms with E-state index >= 15 is 0 Å². The first-order chi connectivity index (χ1) is 14.2. The molecule has 1 atom stereocenters. The summed E-state index contributed by atoms with van der Waals surface area (Å²) in [6.07, 6.45) is 3.78. The van der Waals surface area contributed by atoms with Gasteiger partial charge in [0, 0.05) is 39.1 Å². The standard InChI is InChI=1S/C24H34N2O4/c1-23(2,3)30-22(28)26-14-10-24(11-15-26)16-20(29-21(24)27)9-13-25-12-8-18-6-4-5-7-19(18)17-25/h4-7,20H,8-17H2,1-3H3/t20-/m1/s1. The molecule has 0 saturated carbocycles. The minimum absolute atomic E-state index is 0.0113. The smallest absolute Gasteiger partial charge is 0.410 e. The first-order valence-corrected chi connectivity index (χ1v) is 11.2. The molecule has 164 valence electrons. The van der Waals surface area contributed by atoms with Crippen molar-refractivity contribution in [3.63, 3.8) is 0 Å². The minimum atomic E-state index is -0.501. The first kappa shape index (κ1) is 21.2. The maximum Gasteiger partial charge on any atom is 0.410 e. The van der Waals surface area contributed by atoms with Crippen molar-refractivity contribution in [2.45, 2.75) is 71.1 Å². The summed E-state index contributed by atoms with van der Waals surface area (Å²) < 4.78 is 11.3. The summed E-state index contributed by atoms with van der Waals surface area (Å²) in [5.74, 6) is -0.0691. The molecule has 6 heteroatoms. The number of carbonyl (C=O) groups excluding carboxylic acids is 2. The average Bonchev–Trinajstić information content (AvgIpc) is 3.00. The van der Waals surface area contributed by atoms with Gasteiger partial charge in [0.2, 0.25) is 0 Å². The van der Waals surface area contributed by atoms with Crippen molar-refractivity contribution in [2.24, 2.45) is 5.41 Å². The van der Waals surface area contributed by atoms with E-state index in [1.54, 1.807) is 4.90 Å². The van der Waals surface area contributed by atoms with E-state index in [-0.39, 0.29) is 18.2 Å². The van der Waals surface area contributed by atoms with Crippen molar-refractivity contribution in [1.82, 2.24) is 9.80 Å². The Hall–Kier alpha value is -2.08. The van der Waals surface area contributed by atoms with Crippen LogP contribution in [0.5, 0.6) is 0 Å². The summed E-state index contributed by atoms with van der Waals surface area (Å²) in [7, 11) is 0. The molecule has 3 heterocycles. The predicted molar refractivity (Wildman–Crippen MR) is 114 cm³/mol. The SMILES string of the molecule is CC(C)(C)OC(=O)N1CCC2(CC1)C[C@@H](CCN1CCc3ccccc3C1)OC2=O. The summed E-state index contributed by atoms with van der Waals surface area (Å²) in [5.41, 5.74) is 1.95. The number of benzene rings is 1. The number of hydrogen-bond donors (Lipinski definition) is 0. The lowest BCUT2D eigenvalue weighted by Gasteiger charge is -2.37. The van der Waals surface area contributed by atoms with Crippen LogP contribution in [0.1, 0.15) is 57.6 Å². The molecule has 30 heavy (non-hydrogen) atoms. The Bertz CT molecular complexity index is 793. The third kappa shape index (κ3) is 4.64. The monoisotopic (exact) mass is 414 g/mol. The Labute approximate surface area is 179 Å². The molecule has 1 aromatic carbocycles. The van der Waals surface area contributed by atoms with Gasteiger partial charge in [-0.05, 0) is 57.6 Å². The Morgan fingerprint density at radius 3 is 2.57 bits per heavy atom. The number of likely N-dealkylation sites (tertiary alicyclic amines) is 1. The Morgan fingerprint density at radius 2 is 1.87 bits per heavy atom. The fourth-order valence-corrected chi connectivity index (χ4v) is 4.92. The molecule has 1 spiro atoms. The number of hydrogen-bond acceptors (Lipinski definition) is 5. The van der Waals surface area contributed by atoms with Gasteiger partial charge in [0.25, 0.3) is 0 Å². The Morgan fingerprint density at radius 1 is 1.17 bits per heavy atom. The van der Waals surface area contributed by atoms with Crippen molar-refractivity contribution in [1.29, 1.82) is 0 Å². The minimum Gasteiger partial charge on any atom is -0.462 e. The molecule has 0 bridgehead atoms. The van der Waals surface area contributed by atoms with Crippen LogP contribution in [0.3, 0.4) is 0 Å². The molecular formula is C24H34N2O4. The maximum absolute atomic E-state index is 12.7. The zero-order chi connectivity index (χ0) is 21.4. The van der Waals surface area contributed by atoms with Crippen LogP contribution in [0, 0.1) is 5.41 Å².